The lowest BCUT2D eigenvalue weighted by molar-refractivity contribution is -0.136. The number of aromatic amines is 1. The van der Waals surface area contributed by atoms with Gasteiger partial charge in [0.25, 0.3) is 17.7 Å². The van der Waals surface area contributed by atoms with Crippen LogP contribution in [0.1, 0.15) is 73.4 Å². The highest BCUT2D eigenvalue weighted by Crippen LogP contribution is 2.32. The van der Waals surface area contributed by atoms with Crippen LogP contribution in [0.15, 0.2) is 72.8 Å². The number of aromatic nitrogens is 2. The van der Waals surface area contributed by atoms with Gasteiger partial charge in [-0.3, -0.25) is 44.2 Å². The molecule has 308 valence electrons. The van der Waals surface area contributed by atoms with Gasteiger partial charge in [0.2, 0.25) is 11.8 Å². The molecule has 4 N–H and O–H groups in total. The summed E-state index contributed by atoms with van der Waals surface area (Å²) in [4.78, 5) is 70.2. The van der Waals surface area contributed by atoms with Gasteiger partial charge in [0, 0.05) is 81.2 Å². The number of carbonyl (C=O) groups excluding carboxylic acids is 5. The Kier molecular flexibility index (Phi) is 10.6. The van der Waals surface area contributed by atoms with E-state index in [1.165, 1.54) is 12.1 Å². The van der Waals surface area contributed by atoms with E-state index in [1.54, 1.807) is 12.1 Å². The van der Waals surface area contributed by atoms with Crippen LogP contribution in [0.2, 0.25) is 0 Å². The Labute approximate surface area is 343 Å². The highest BCUT2D eigenvalue weighted by atomic mass is 19.1. The molecule has 0 radical (unpaired) electrons. The molecule has 4 aromatic carbocycles. The number of imide groups is 2. The second kappa shape index (κ2) is 16.3. The maximum Gasteiger partial charge on any atom is 0.262 e. The molecule has 14 nitrogen and oxygen atoms in total. The van der Waals surface area contributed by atoms with Gasteiger partial charge in [-0.2, -0.15) is 5.10 Å². The summed E-state index contributed by atoms with van der Waals surface area (Å²) in [5, 5.41) is 16.8. The first kappa shape index (κ1) is 39.0. The number of halogens is 2. The van der Waals surface area contributed by atoms with Gasteiger partial charge in [-0.25, -0.2) is 8.78 Å². The molecular formula is C44H42F2N8O6. The average Bonchev–Trinajstić information content (AvgIpc) is 3.73. The van der Waals surface area contributed by atoms with Crippen LogP contribution in [-0.4, -0.2) is 101 Å². The predicted octanol–water partition coefficient (Wildman–Crippen LogP) is 5.00. The monoisotopic (exact) mass is 816 g/mol. The van der Waals surface area contributed by atoms with Crippen molar-refractivity contribution < 1.29 is 37.5 Å². The van der Waals surface area contributed by atoms with E-state index in [9.17, 15) is 32.8 Å². The molecule has 4 aliphatic heterocycles. The van der Waals surface area contributed by atoms with E-state index in [2.05, 4.69) is 35.9 Å². The molecule has 1 aromatic heterocycles. The third-order valence-electron chi connectivity index (χ3n) is 11.7. The van der Waals surface area contributed by atoms with E-state index in [-0.39, 0.29) is 35.9 Å². The largest absolute Gasteiger partial charge is 0.381 e. The standard InChI is InChI=1S/C44H42F2N8O6/c45-28-18-27(19-29(46)22-28)17-25-2-6-36-35(20-25)40(51-50-36)49-41(56)33-5-3-31(23-37(33)47-30-9-15-60-16-10-30)53-13-11-52(12-14-53)24-26-1-4-32-34(21-26)44(59)54(43(32)58)38-7-8-39(55)48-42(38)57/h1-6,18-23,30,38,47H,7-17,24H2,(H,48,55,57)(H2,49,50,51,56). The van der Waals surface area contributed by atoms with Gasteiger partial charge in [0.05, 0.1) is 22.2 Å². The molecule has 0 saturated carbocycles. The highest BCUT2D eigenvalue weighted by Gasteiger charge is 2.44. The summed E-state index contributed by atoms with van der Waals surface area (Å²) < 4.78 is 33.3. The fourth-order valence-corrected chi connectivity index (χ4v) is 8.54. The number of rotatable bonds is 10. The van der Waals surface area contributed by atoms with E-state index < -0.39 is 41.3 Å². The van der Waals surface area contributed by atoms with E-state index >= 15 is 0 Å². The predicted molar refractivity (Wildman–Crippen MR) is 218 cm³/mol. The van der Waals surface area contributed by atoms with Crippen LogP contribution in [0.3, 0.4) is 0 Å². The summed E-state index contributed by atoms with van der Waals surface area (Å²) in [6, 6.07) is 19.0. The van der Waals surface area contributed by atoms with E-state index in [0.717, 1.165) is 53.7 Å². The summed E-state index contributed by atoms with van der Waals surface area (Å²) >= 11 is 0. The Hall–Kier alpha value is -6.52. The van der Waals surface area contributed by atoms with Crippen molar-refractivity contribution in [2.24, 2.45) is 0 Å². The molecule has 1 unspecified atom stereocenters. The Balaban J connectivity index is 0.877. The van der Waals surface area contributed by atoms with Crippen LogP contribution < -0.4 is 20.9 Å². The number of nitrogens with one attached hydrogen (secondary N) is 4. The second-order valence-electron chi connectivity index (χ2n) is 15.7. The van der Waals surface area contributed by atoms with Crippen molar-refractivity contribution in [3.8, 4) is 0 Å². The minimum Gasteiger partial charge on any atom is -0.381 e. The van der Waals surface area contributed by atoms with E-state index in [4.69, 9.17) is 4.74 Å². The number of piperazine rings is 1. The van der Waals surface area contributed by atoms with Crippen LogP contribution in [0.25, 0.3) is 10.9 Å². The Morgan fingerprint density at radius 1 is 0.800 bits per heavy atom. The maximum absolute atomic E-state index is 14.0. The zero-order valence-corrected chi connectivity index (χ0v) is 32.6. The normalized spacial score (nSPS) is 18.9. The molecule has 0 bridgehead atoms. The second-order valence-corrected chi connectivity index (χ2v) is 15.7. The minimum absolute atomic E-state index is 0.0624. The number of fused-ring (bicyclic) bond motifs is 2. The first-order chi connectivity index (χ1) is 29.1. The Bertz CT molecular complexity index is 2530. The van der Waals surface area contributed by atoms with Crippen LogP contribution in [0.5, 0.6) is 0 Å². The number of hydrogen-bond donors (Lipinski definition) is 4. The molecule has 16 heteroatoms. The van der Waals surface area contributed by atoms with Gasteiger partial charge in [-0.1, -0.05) is 12.1 Å². The van der Waals surface area contributed by atoms with E-state index in [1.807, 2.05) is 42.5 Å². The fraction of sp³-hybridized carbons (Fsp3) is 0.318. The first-order valence-corrected chi connectivity index (χ1v) is 20.1. The van der Waals surface area contributed by atoms with Crippen LogP contribution in [0, 0.1) is 11.6 Å². The smallest absolute Gasteiger partial charge is 0.262 e. The molecule has 5 amide bonds. The number of hydrogen-bond acceptors (Lipinski definition) is 10. The number of ether oxygens (including phenoxy) is 1. The van der Waals surface area contributed by atoms with Crippen LogP contribution in [0.4, 0.5) is 26.0 Å². The number of anilines is 3. The van der Waals surface area contributed by atoms with Gasteiger partial charge in [-0.15, -0.1) is 0 Å². The molecule has 4 aliphatic rings. The first-order valence-electron chi connectivity index (χ1n) is 20.1. The molecular weight excluding hydrogens is 775 g/mol. The summed E-state index contributed by atoms with van der Waals surface area (Å²) in [5.41, 5.74) is 5.47. The molecule has 5 heterocycles. The van der Waals surface area contributed by atoms with Crippen molar-refractivity contribution in [1.82, 2.24) is 25.3 Å². The molecule has 3 saturated heterocycles. The lowest BCUT2D eigenvalue weighted by Gasteiger charge is -2.36. The Morgan fingerprint density at radius 2 is 1.55 bits per heavy atom. The average molecular weight is 817 g/mol. The van der Waals surface area contributed by atoms with Crippen molar-refractivity contribution in [2.45, 2.75) is 50.7 Å². The van der Waals surface area contributed by atoms with E-state index in [0.29, 0.717) is 72.8 Å². The molecule has 5 aromatic rings. The summed E-state index contributed by atoms with van der Waals surface area (Å²) in [7, 11) is 0. The molecule has 3 fully saturated rings. The van der Waals surface area contributed by atoms with Gasteiger partial charge in [-0.05, 0) is 97.0 Å². The van der Waals surface area contributed by atoms with Crippen molar-refractivity contribution in [1.29, 1.82) is 0 Å². The molecule has 0 aliphatic carbocycles. The van der Waals surface area contributed by atoms with Gasteiger partial charge in [0.1, 0.15) is 17.7 Å². The number of nitrogens with zero attached hydrogens (tertiary/aromatic N) is 4. The third-order valence-corrected chi connectivity index (χ3v) is 11.7. The maximum atomic E-state index is 14.0. The minimum atomic E-state index is -1.01. The van der Waals surface area contributed by atoms with Crippen molar-refractivity contribution >= 4 is 57.6 Å². The number of H-pyrrole nitrogens is 1. The number of benzene rings is 4. The lowest BCUT2D eigenvalue weighted by Crippen LogP contribution is -2.54. The number of amides is 5. The van der Waals surface area contributed by atoms with Crippen LogP contribution in [-0.2, 0) is 27.3 Å². The van der Waals surface area contributed by atoms with Gasteiger partial charge < -0.3 is 20.3 Å². The third kappa shape index (κ3) is 7.95. The number of piperidine rings is 1. The fourth-order valence-electron chi connectivity index (χ4n) is 8.54. The summed E-state index contributed by atoms with van der Waals surface area (Å²) in [6.07, 6.45) is 2.05. The quantitative estimate of drug-likeness (QED) is 0.141. The van der Waals surface area contributed by atoms with Gasteiger partial charge >= 0.3 is 0 Å². The van der Waals surface area contributed by atoms with Crippen molar-refractivity contribution in [2.75, 3.05) is 54.9 Å². The summed E-state index contributed by atoms with van der Waals surface area (Å²) in [5.74, 6) is -3.40. The zero-order valence-electron chi connectivity index (χ0n) is 32.6. The SMILES string of the molecule is O=C1CCC(N2C(=O)c3ccc(CN4CCN(c5ccc(C(=O)Nc6n[nH]c7ccc(Cc8cc(F)cc(F)c8)cc67)c(NC6CCOCC6)c5)CC4)cc3C2=O)C(=O)N1. The number of carbonyl (C=O) groups is 5. The van der Waals surface area contributed by atoms with Crippen LogP contribution >= 0.6 is 0 Å². The Morgan fingerprint density at radius 3 is 2.32 bits per heavy atom. The highest BCUT2D eigenvalue weighted by molar-refractivity contribution is 6.23. The molecule has 1 atom stereocenters. The lowest BCUT2D eigenvalue weighted by atomic mass is 10.0. The zero-order chi connectivity index (χ0) is 41.5. The van der Waals surface area contributed by atoms with Gasteiger partial charge in [0.15, 0.2) is 5.82 Å². The topological polar surface area (TPSA) is 169 Å². The molecule has 0 spiro atoms. The van der Waals surface area contributed by atoms with Crippen molar-refractivity contribution in [3.63, 3.8) is 0 Å². The molecule has 9 rings (SSSR count). The molecule has 60 heavy (non-hydrogen) atoms. The summed E-state index contributed by atoms with van der Waals surface area (Å²) in [6.45, 7) is 4.66. The van der Waals surface area contributed by atoms with Crippen molar-refractivity contribution in [3.05, 3.63) is 118 Å².